The van der Waals surface area contributed by atoms with Gasteiger partial charge in [0.05, 0.1) is 12.8 Å². The molecule has 0 saturated carbocycles. The largest absolute Gasteiger partial charge is 0.507 e. The zero-order valence-corrected chi connectivity index (χ0v) is 19.3. The first-order valence-corrected chi connectivity index (χ1v) is 12.1. The molecule has 0 aliphatic rings. The average molecular weight is 490 g/mol. The van der Waals surface area contributed by atoms with Crippen LogP contribution in [0.5, 0.6) is 17.2 Å². The van der Waals surface area contributed by atoms with Crippen LogP contribution >= 0.6 is 0 Å². The molecule has 0 aliphatic heterocycles. The van der Waals surface area contributed by atoms with Gasteiger partial charge in [0.15, 0.2) is 0 Å². The highest BCUT2D eigenvalue weighted by atomic mass is 32.2. The quantitative estimate of drug-likeness (QED) is 0.262. The van der Waals surface area contributed by atoms with Gasteiger partial charge in [0, 0.05) is 21.9 Å². The number of rotatable bonds is 5. The fourth-order valence-corrected chi connectivity index (χ4v) is 5.49. The molecule has 0 saturated heterocycles. The van der Waals surface area contributed by atoms with Gasteiger partial charge in [-0.25, -0.2) is 12.8 Å². The number of methoxy groups -OCH3 is 1. The first kappa shape index (κ1) is 22.5. The third-order valence-electron chi connectivity index (χ3n) is 5.85. The van der Waals surface area contributed by atoms with E-state index in [0.717, 1.165) is 17.5 Å². The topological polar surface area (TPSA) is 95.9 Å². The lowest BCUT2D eigenvalue weighted by Crippen LogP contribution is -2.15. The van der Waals surface area contributed by atoms with Crippen molar-refractivity contribution >= 4 is 37.3 Å². The highest BCUT2D eigenvalue weighted by Gasteiger charge is 2.24. The van der Waals surface area contributed by atoms with Crippen molar-refractivity contribution in [2.24, 2.45) is 0 Å². The summed E-state index contributed by atoms with van der Waals surface area (Å²) in [5.74, 6) is -0.939. The molecule has 8 heteroatoms. The number of hydrogen-bond donors (Lipinski definition) is 3. The Morgan fingerprint density at radius 3 is 2.26 bits per heavy atom. The summed E-state index contributed by atoms with van der Waals surface area (Å²) >= 11 is 0. The lowest BCUT2D eigenvalue weighted by Gasteiger charge is -2.18. The third-order valence-corrected chi connectivity index (χ3v) is 7.24. The number of anilines is 1. The zero-order valence-electron chi connectivity index (χ0n) is 18.5. The monoisotopic (exact) mass is 489 g/mol. The van der Waals surface area contributed by atoms with Crippen LogP contribution in [0, 0.1) is 5.82 Å². The number of fused-ring (bicyclic) bond motifs is 2. The Hall–Kier alpha value is -4.30. The predicted molar refractivity (Wildman–Crippen MR) is 134 cm³/mol. The Bertz CT molecular complexity index is 1720. The van der Waals surface area contributed by atoms with E-state index in [-0.39, 0.29) is 33.4 Å². The smallest absolute Gasteiger partial charge is 0.265 e. The van der Waals surface area contributed by atoms with E-state index in [1.54, 1.807) is 36.4 Å². The van der Waals surface area contributed by atoms with Gasteiger partial charge in [0.25, 0.3) is 10.0 Å². The highest BCUT2D eigenvalue weighted by molar-refractivity contribution is 7.92. The molecule has 5 rings (SSSR count). The summed E-state index contributed by atoms with van der Waals surface area (Å²) in [6.45, 7) is 0. The van der Waals surface area contributed by atoms with Crippen molar-refractivity contribution in [2.75, 3.05) is 11.8 Å². The molecule has 0 aromatic heterocycles. The molecule has 0 radical (unpaired) electrons. The molecule has 0 heterocycles. The fraction of sp³-hybridized carbons (Fsp3) is 0.0370. The van der Waals surface area contributed by atoms with Crippen LogP contribution in [0.4, 0.5) is 10.1 Å². The number of halogens is 1. The van der Waals surface area contributed by atoms with Crippen LogP contribution < -0.4 is 9.46 Å². The zero-order chi connectivity index (χ0) is 24.7. The molecule has 176 valence electrons. The van der Waals surface area contributed by atoms with E-state index >= 15 is 0 Å². The van der Waals surface area contributed by atoms with Gasteiger partial charge in [-0.1, -0.05) is 54.6 Å². The molecule has 5 aromatic rings. The van der Waals surface area contributed by atoms with Crippen LogP contribution in [0.15, 0.2) is 89.8 Å². The van der Waals surface area contributed by atoms with Crippen molar-refractivity contribution < 1.29 is 27.8 Å². The summed E-state index contributed by atoms with van der Waals surface area (Å²) in [5.41, 5.74) is 0.740. The van der Waals surface area contributed by atoms with Crippen LogP contribution in [0.2, 0.25) is 0 Å². The van der Waals surface area contributed by atoms with Crippen molar-refractivity contribution in [3.05, 3.63) is 90.7 Å². The standard InChI is InChI=1S/C27H20FNO5S/c1-34-24-13-11-17(28)14-25(24)35(32,33)29-22-15-21(27(31)20-9-5-4-8-19(20)22)26-18-7-3-2-6-16(18)10-12-23(26)30/h2-15,29-31H,1H3. The summed E-state index contributed by atoms with van der Waals surface area (Å²) < 4.78 is 48.2. The number of ether oxygens (including phenoxy) is 1. The van der Waals surface area contributed by atoms with Gasteiger partial charge in [-0.15, -0.1) is 0 Å². The van der Waals surface area contributed by atoms with Crippen LogP contribution in [0.3, 0.4) is 0 Å². The molecule has 0 bridgehead atoms. The Morgan fingerprint density at radius 1 is 0.829 bits per heavy atom. The summed E-state index contributed by atoms with van der Waals surface area (Å²) in [6, 6.07) is 22.0. The maximum atomic E-state index is 13.9. The van der Waals surface area contributed by atoms with E-state index in [0.29, 0.717) is 21.7 Å². The maximum absolute atomic E-state index is 13.9. The van der Waals surface area contributed by atoms with Gasteiger partial charge in [-0.2, -0.15) is 0 Å². The van der Waals surface area contributed by atoms with Crippen molar-refractivity contribution in [1.82, 2.24) is 0 Å². The van der Waals surface area contributed by atoms with Crippen molar-refractivity contribution in [3.63, 3.8) is 0 Å². The lowest BCUT2D eigenvalue weighted by atomic mass is 9.93. The van der Waals surface area contributed by atoms with Crippen LogP contribution in [-0.4, -0.2) is 25.7 Å². The van der Waals surface area contributed by atoms with Gasteiger partial charge < -0.3 is 14.9 Å². The van der Waals surface area contributed by atoms with E-state index in [4.69, 9.17) is 4.74 Å². The van der Waals surface area contributed by atoms with Crippen molar-refractivity contribution in [1.29, 1.82) is 0 Å². The number of benzene rings is 5. The first-order valence-electron chi connectivity index (χ1n) is 10.6. The van der Waals surface area contributed by atoms with Crippen LogP contribution in [-0.2, 0) is 10.0 Å². The molecule has 3 N–H and O–H groups in total. The van der Waals surface area contributed by atoms with Gasteiger partial charge in [-0.3, -0.25) is 4.72 Å². The van der Waals surface area contributed by atoms with E-state index in [2.05, 4.69) is 4.72 Å². The van der Waals surface area contributed by atoms with Gasteiger partial charge >= 0.3 is 0 Å². The minimum atomic E-state index is -4.29. The van der Waals surface area contributed by atoms with E-state index in [1.165, 1.54) is 25.3 Å². The predicted octanol–water partition coefficient (Wildman–Crippen LogP) is 6.02. The molecule has 0 spiro atoms. The summed E-state index contributed by atoms with van der Waals surface area (Å²) in [5, 5.41) is 24.3. The third kappa shape index (κ3) is 3.87. The van der Waals surface area contributed by atoms with Gasteiger partial charge in [-0.05, 0) is 41.1 Å². The summed E-state index contributed by atoms with van der Waals surface area (Å²) in [6.07, 6.45) is 0. The van der Waals surface area contributed by atoms with Gasteiger partial charge in [0.2, 0.25) is 0 Å². The molecule has 5 aromatic carbocycles. The minimum Gasteiger partial charge on any atom is -0.507 e. The fourth-order valence-electron chi connectivity index (χ4n) is 4.24. The van der Waals surface area contributed by atoms with Crippen LogP contribution in [0.1, 0.15) is 0 Å². The second kappa shape index (κ2) is 8.48. The van der Waals surface area contributed by atoms with Crippen molar-refractivity contribution in [3.8, 4) is 28.4 Å². The molecular weight excluding hydrogens is 469 g/mol. The van der Waals surface area contributed by atoms with E-state index in [9.17, 15) is 23.0 Å². The SMILES string of the molecule is COc1ccc(F)cc1S(=O)(=O)Nc1cc(-c2c(O)ccc3ccccc23)c(O)c2ccccc12. The van der Waals surface area contributed by atoms with E-state index in [1.807, 2.05) is 18.2 Å². The number of phenols is 2. The molecule has 0 aliphatic carbocycles. The molecular formula is C27H20FNO5S. The second-order valence-corrected chi connectivity index (χ2v) is 9.60. The Labute approximate surface area is 200 Å². The number of hydrogen-bond acceptors (Lipinski definition) is 5. The summed E-state index contributed by atoms with van der Waals surface area (Å²) in [4.78, 5) is -0.369. The second-order valence-electron chi connectivity index (χ2n) is 7.95. The highest BCUT2D eigenvalue weighted by Crippen LogP contribution is 2.46. The summed E-state index contributed by atoms with van der Waals surface area (Å²) in [7, 11) is -3.00. The lowest BCUT2D eigenvalue weighted by molar-refractivity contribution is 0.401. The van der Waals surface area contributed by atoms with Crippen molar-refractivity contribution in [2.45, 2.75) is 4.90 Å². The Balaban J connectivity index is 1.77. The average Bonchev–Trinajstić information content (AvgIpc) is 2.86. The van der Waals surface area contributed by atoms with Crippen LogP contribution in [0.25, 0.3) is 32.7 Å². The number of sulfonamides is 1. The normalized spacial score (nSPS) is 11.6. The Morgan fingerprint density at radius 2 is 1.51 bits per heavy atom. The molecule has 0 amide bonds. The number of aromatic hydroxyl groups is 2. The Kier molecular flexibility index (Phi) is 5.45. The van der Waals surface area contributed by atoms with E-state index < -0.39 is 15.8 Å². The first-order chi connectivity index (χ1) is 16.8. The molecule has 6 nitrogen and oxygen atoms in total. The van der Waals surface area contributed by atoms with Gasteiger partial charge in [0.1, 0.15) is 28.0 Å². The number of nitrogens with one attached hydrogen (secondary N) is 1. The minimum absolute atomic E-state index is 0.0195. The molecule has 0 unspecified atom stereocenters. The number of phenolic OH excluding ortho intramolecular Hbond substituents is 2. The molecule has 0 fully saturated rings. The maximum Gasteiger partial charge on any atom is 0.265 e. The molecule has 35 heavy (non-hydrogen) atoms. The molecule has 0 atom stereocenters.